The maximum absolute atomic E-state index is 11.8. The largest absolute Gasteiger partial charge is 0.402 e. The normalized spacial score (nSPS) is 13.0. The first-order chi connectivity index (χ1) is 14.5. The number of rotatable bonds is 24. The molecule has 0 aliphatic carbocycles. The fraction of sp³-hybridized carbons (Fsp3) is 1.00. The van der Waals surface area contributed by atoms with Crippen molar-refractivity contribution in [3.8, 4) is 0 Å². The van der Waals surface area contributed by atoms with E-state index in [4.69, 9.17) is 8.37 Å². The van der Waals surface area contributed by atoms with E-state index in [2.05, 4.69) is 13.8 Å². The van der Waals surface area contributed by atoms with Crippen LogP contribution in [0.3, 0.4) is 0 Å². The van der Waals surface area contributed by atoms with Gasteiger partial charge < -0.3 is 5.11 Å². The van der Waals surface area contributed by atoms with Crippen molar-refractivity contribution in [3.05, 3.63) is 0 Å². The van der Waals surface area contributed by atoms with Gasteiger partial charge in [0.05, 0.1) is 6.61 Å². The zero-order chi connectivity index (χ0) is 22.3. The molecule has 0 amide bonds. The number of aliphatic hydroxyl groups excluding tert-OH is 1. The van der Waals surface area contributed by atoms with E-state index in [-0.39, 0.29) is 6.61 Å². The Hall–Kier alpha value is -0.170. The first-order valence-corrected chi connectivity index (χ1v) is 14.1. The Morgan fingerprint density at radius 1 is 0.600 bits per heavy atom. The third-order valence-electron chi connectivity index (χ3n) is 5.51. The Kier molecular flexibility index (Phi) is 21.9. The Bertz CT molecular complexity index is 439. The van der Waals surface area contributed by atoms with E-state index in [1.54, 1.807) is 0 Å². The summed E-state index contributed by atoms with van der Waals surface area (Å²) in [5.41, 5.74) is 0. The lowest BCUT2D eigenvalue weighted by Gasteiger charge is -2.11. The van der Waals surface area contributed by atoms with Crippen LogP contribution in [0.1, 0.15) is 142 Å². The molecular formula is C24H50O5S. The molecule has 0 aliphatic rings. The lowest BCUT2D eigenvalue weighted by molar-refractivity contribution is -0.0305. The fourth-order valence-electron chi connectivity index (χ4n) is 3.59. The van der Waals surface area contributed by atoms with Gasteiger partial charge in [-0.15, -0.1) is 0 Å². The summed E-state index contributed by atoms with van der Waals surface area (Å²) in [7, 11) is -4.10. The summed E-state index contributed by atoms with van der Waals surface area (Å²) in [6.07, 6.45) is 21.4. The minimum Gasteiger partial charge on any atom is -0.367 e. The zero-order valence-electron chi connectivity index (χ0n) is 19.9. The van der Waals surface area contributed by atoms with Crippen LogP contribution in [0, 0.1) is 0 Å². The second kappa shape index (κ2) is 22.0. The third kappa shape index (κ3) is 22.5. The topological polar surface area (TPSA) is 72.8 Å². The standard InChI is InChI=1S/C24H50O5S/c1-3-5-7-9-11-13-15-17-19-21-23-28-30(26,27)29-24(25)22-20-18-16-14-12-10-8-6-4-2/h24-25H,3-23H2,1-2H3. The van der Waals surface area contributed by atoms with Crippen LogP contribution in [0.15, 0.2) is 0 Å². The molecular weight excluding hydrogens is 400 g/mol. The molecule has 0 saturated heterocycles. The van der Waals surface area contributed by atoms with Gasteiger partial charge in [0.2, 0.25) is 0 Å². The SMILES string of the molecule is CCCCCCCCCCCCOS(=O)(=O)OC(O)CCCCCCCCCCC. The van der Waals surface area contributed by atoms with Crippen LogP contribution in [0.2, 0.25) is 0 Å². The van der Waals surface area contributed by atoms with Crippen molar-refractivity contribution < 1.29 is 21.9 Å². The number of aliphatic hydroxyl groups is 1. The van der Waals surface area contributed by atoms with Crippen molar-refractivity contribution in [2.24, 2.45) is 0 Å². The molecule has 6 heteroatoms. The van der Waals surface area contributed by atoms with Crippen molar-refractivity contribution in [1.29, 1.82) is 0 Å². The molecule has 182 valence electrons. The quantitative estimate of drug-likeness (QED) is 0.122. The smallest absolute Gasteiger partial charge is 0.367 e. The summed E-state index contributed by atoms with van der Waals surface area (Å²) >= 11 is 0. The average molecular weight is 451 g/mol. The predicted molar refractivity (Wildman–Crippen MR) is 126 cm³/mol. The molecule has 1 N–H and O–H groups in total. The molecule has 0 aromatic rings. The molecule has 30 heavy (non-hydrogen) atoms. The Balaban J connectivity index is 3.50. The van der Waals surface area contributed by atoms with Gasteiger partial charge in [0, 0.05) is 0 Å². The second-order valence-corrected chi connectivity index (χ2v) is 9.82. The highest BCUT2D eigenvalue weighted by Crippen LogP contribution is 2.14. The van der Waals surface area contributed by atoms with Crippen LogP contribution in [0.5, 0.6) is 0 Å². The molecule has 0 heterocycles. The molecule has 0 bridgehead atoms. The Morgan fingerprint density at radius 2 is 0.967 bits per heavy atom. The first kappa shape index (κ1) is 29.8. The molecule has 5 nitrogen and oxygen atoms in total. The molecule has 0 fully saturated rings. The minimum atomic E-state index is -4.10. The molecule has 0 aromatic heterocycles. The van der Waals surface area contributed by atoms with Crippen molar-refractivity contribution in [2.75, 3.05) is 6.61 Å². The molecule has 0 saturated carbocycles. The first-order valence-electron chi connectivity index (χ1n) is 12.8. The van der Waals surface area contributed by atoms with Gasteiger partial charge >= 0.3 is 10.4 Å². The van der Waals surface area contributed by atoms with Crippen molar-refractivity contribution >= 4 is 10.4 Å². The summed E-state index contributed by atoms with van der Waals surface area (Å²) in [6, 6.07) is 0. The highest BCUT2D eigenvalue weighted by atomic mass is 32.3. The summed E-state index contributed by atoms with van der Waals surface area (Å²) in [6.45, 7) is 4.58. The highest BCUT2D eigenvalue weighted by molar-refractivity contribution is 7.81. The van der Waals surface area contributed by atoms with Crippen LogP contribution in [-0.2, 0) is 18.8 Å². The van der Waals surface area contributed by atoms with Gasteiger partial charge in [-0.1, -0.05) is 123 Å². The van der Waals surface area contributed by atoms with Gasteiger partial charge in [0.1, 0.15) is 0 Å². The number of hydrogen-bond acceptors (Lipinski definition) is 5. The molecule has 1 unspecified atom stereocenters. The average Bonchev–Trinajstić information content (AvgIpc) is 2.70. The van der Waals surface area contributed by atoms with Crippen molar-refractivity contribution in [2.45, 2.75) is 149 Å². The Labute approximate surface area is 187 Å². The van der Waals surface area contributed by atoms with E-state index < -0.39 is 16.7 Å². The van der Waals surface area contributed by atoms with E-state index in [0.717, 1.165) is 32.1 Å². The maximum atomic E-state index is 11.8. The predicted octanol–water partition coefficient (Wildman–Crippen LogP) is 7.42. The lowest BCUT2D eigenvalue weighted by Crippen LogP contribution is -2.20. The summed E-state index contributed by atoms with van der Waals surface area (Å²) < 4.78 is 33.1. The fourth-order valence-corrected chi connectivity index (χ4v) is 4.34. The van der Waals surface area contributed by atoms with E-state index in [1.165, 1.54) is 83.5 Å². The van der Waals surface area contributed by atoms with Gasteiger partial charge in [-0.05, 0) is 19.3 Å². The van der Waals surface area contributed by atoms with Crippen LogP contribution in [0.25, 0.3) is 0 Å². The zero-order valence-corrected chi connectivity index (χ0v) is 20.7. The highest BCUT2D eigenvalue weighted by Gasteiger charge is 2.17. The van der Waals surface area contributed by atoms with Gasteiger partial charge in [0.25, 0.3) is 0 Å². The van der Waals surface area contributed by atoms with Crippen LogP contribution >= 0.6 is 0 Å². The molecule has 1 atom stereocenters. The van der Waals surface area contributed by atoms with Gasteiger partial charge in [0.15, 0.2) is 6.29 Å². The van der Waals surface area contributed by atoms with Gasteiger partial charge in [-0.2, -0.15) is 8.42 Å². The van der Waals surface area contributed by atoms with Gasteiger partial charge in [-0.3, -0.25) is 0 Å². The summed E-state index contributed by atoms with van der Waals surface area (Å²) in [5.74, 6) is 0. The van der Waals surface area contributed by atoms with Gasteiger partial charge in [-0.25, -0.2) is 8.37 Å². The maximum Gasteiger partial charge on any atom is 0.402 e. The second-order valence-electron chi connectivity index (χ2n) is 8.58. The van der Waals surface area contributed by atoms with Crippen molar-refractivity contribution in [3.63, 3.8) is 0 Å². The number of unbranched alkanes of at least 4 members (excludes halogenated alkanes) is 17. The van der Waals surface area contributed by atoms with Crippen LogP contribution < -0.4 is 0 Å². The monoisotopic (exact) mass is 450 g/mol. The van der Waals surface area contributed by atoms with E-state index >= 15 is 0 Å². The molecule has 0 rings (SSSR count). The van der Waals surface area contributed by atoms with Crippen molar-refractivity contribution in [1.82, 2.24) is 0 Å². The summed E-state index contributed by atoms with van der Waals surface area (Å²) in [4.78, 5) is 0. The van der Waals surface area contributed by atoms with Crippen LogP contribution in [-0.4, -0.2) is 26.4 Å². The van der Waals surface area contributed by atoms with E-state index in [0.29, 0.717) is 12.8 Å². The van der Waals surface area contributed by atoms with Crippen LogP contribution in [0.4, 0.5) is 0 Å². The Morgan fingerprint density at radius 3 is 1.40 bits per heavy atom. The molecule has 0 radical (unpaired) electrons. The third-order valence-corrected chi connectivity index (χ3v) is 6.42. The minimum absolute atomic E-state index is 0.129. The molecule has 0 aliphatic heterocycles. The molecule has 0 spiro atoms. The number of hydrogen-bond donors (Lipinski definition) is 1. The lowest BCUT2D eigenvalue weighted by atomic mass is 10.1. The van der Waals surface area contributed by atoms with E-state index in [1.807, 2.05) is 0 Å². The molecule has 0 aromatic carbocycles. The van der Waals surface area contributed by atoms with E-state index in [9.17, 15) is 13.5 Å². The summed E-state index contributed by atoms with van der Waals surface area (Å²) in [5, 5.41) is 9.78.